The van der Waals surface area contributed by atoms with Crippen LogP contribution in [-0.4, -0.2) is 15.9 Å². The summed E-state index contributed by atoms with van der Waals surface area (Å²) in [7, 11) is 0. The fraction of sp³-hybridized carbons (Fsp3) is 0.0455. The third kappa shape index (κ3) is 4.48. The summed E-state index contributed by atoms with van der Waals surface area (Å²) < 4.78 is 8.65. The van der Waals surface area contributed by atoms with Crippen LogP contribution in [0.2, 0.25) is 0 Å². The van der Waals surface area contributed by atoms with E-state index in [2.05, 4.69) is 55.3 Å². The molecule has 1 aromatic heterocycles. The molecule has 1 heterocycles. The molecule has 0 atom stereocenters. The number of benzene rings is 3. The Hall–Kier alpha value is -2.47. The van der Waals surface area contributed by atoms with Gasteiger partial charge in [0, 0.05) is 0 Å². The molecule has 8 heteroatoms. The number of nitrogens with one attached hydrogen (secondary N) is 1. The summed E-state index contributed by atoms with van der Waals surface area (Å²) >= 11 is 4.41. The molecule has 1 N–H and O–H groups in total. The Morgan fingerprint density at radius 3 is 2.37 bits per heavy atom. The average molecular weight is 623 g/mol. The van der Waals surface area contributed by atoms with Crippen LogP contribution in [0.5, 0.6) is 5.75 Å². The summed E-state index contributed by atoms with van der Waals surface area (Å²) in [5.41, 5.74) is 1.29. The lowest BCUT2D eigenvalue weighted by Crippen LogP contribution is -2.32. The maximum atomic E-state index is 12.6. The van der Waals surface area contributed by atoms with Gasteiger partial charge in [-0.1, -0.05) is 42.5 Å². The van der Waals surface area contributed by atoms with Gasteiger partial charge in [0.25, 0.3) is 5.56 Å². The summed E-state index contributed by atoms with van der Waals surface area (Å²) in [6, 6.07) is 20.6. The minimum atomic E-state index is -0.581. The maximum absolute atomic E-state index is 12.6. The molecule has 0 saturated carbocycles. The minimum Gasteiger partial charge on any atom is -0.487 e. The molecule has 30 heavy (non-hydrogen) atoms. The summed E-state index contributed by atoms with van der Waals surface area (Å²) in [6.07, 6.45) is 1.50. The van der Waals surface area contributed by atoms with Gasteiger partial charge in [-0.25, -0.2) is 4.79 Å². The van der Waals surface area contributed by atoms with Gasteiger partial charge in [-0.3, -0.25) is 4.79 Å². The van der Waals surface area contributed by atoms with E-state index in [1.807, 2.05) is 42.5 Å². The highest BCUT2D eigenvalue weighted by atomic mass is 127. The molecule has 4 aromatic rings. The highest BCUT2D eigenvalue weighted by Crippen LogP contribution is 2.29. The van der Waals surface area contributed by atoms with Crippen LogP contribution >= 0.6 is 45.2 Å². The van der Waals surface area contributed by atoms with Crippen LogP contribution in [0.4, 0.5) is 0 Å². The van der Waals surface area contributed by atoms with Crippen molar-refractivity contribution in [3.63, 3.8) is 0 Å². The van der Waals surface area contributed by atoms with Gasteiger partial charge in [0.2, 0.25) is 0 Å². The molecular formula is C22H15I2N3O3. The number of H-pyrrole nitrogens is 1. The van der Waals surface area contributed by atoms with E-state index >= 15 is 0 Å². The predicted octanol–water partition coefficient (Wildman–Crippen LogP) is 4.36. The Bertz CT molecular complexity index is 1340. The molecule has 150 valence electrons. The largest absolute Gasteiger partial charge is 0.487 e. The van der Waals surface area contributed by atoms with Crippen LogP contribution < -0.4 is 16.0 Å². The van der Waals surface area contributed by atoms with Gasteiger partial charge in [-0.15, -0.1) is 4.68 Å². The molecule has 0 aliphatic carbocycles. The monoisotopic (exact) mass is 623 g/mol. The Kier molecular flexibility index (Phi) is 6.32. The molecule has 3 aromatic carbocycles. The Morgan fingerprint density at radius 2 is 1.63 bits per heavy atom. The normalized spacial score (nSPS) is 11.3. The summed E-state index contributed by atoms with van der Waals surface area (Å²) in [4.78, 5) is 27.5. The lowest BCUT2D eigenvalue weighted by molar-refractivity contribution is 0.302. The molecule has 0 unspecified atom stereocenters. The number of nitrogens with zero attached hydrogens (tertiary/aromatic N) is 2. The van der Waals surface area contributed by atoms with E-state index in [0.29, 0.717) is 17.5 Å². The standard InChI is InChI=1S/C22H15I2N3O3/c23-17-10-15(11-18(24)20(17)30-13-14-6-2-1-3-7-14)12-25-27-21(28)16-8-4-5-9-19(16)26-22(27)29/h1-12H,13H2,(H,26,29). The third-order valence-corrected chi connectivity index (χ3v) is 5.96. The summed E-state index contributed by atoms with van der Waals surface area (Å²) in [6.45, 7) is 0.474. The lowest BCUT2D eigenvalue weighted by atomic mass is 10.2. The van der Waals surface area contributed by atoms with E-state index in [9.17, 15) is 9.59 Å². The summed E-state index contributed by atoms with van der Waals surface area (Å²) in [5.74, 6) is 0.790. The predicted molar refractivity (Wildman–Crippen MR) is 134 cm³/mol. The van der Waals surface area contributed by atoms with Crippen LogP contribution in [0.1, 0.15) is 11.1 Å². The number of halogens is 2. The molecule has 6 nitrogen and oxygen atoms in total. The molecule has 0 aliphatic heterocycles. The van der Waals surface area contributed by atoms with Gasteiger partial charge in [-0.05, 0) is 80.6 Å². The van der Waals surface area contributed by atoms with Gasteiger partial charge in [0.15, 0.2) is 0 Å². The van der Waals surface area contributed by atoms with E-state index in [4.69, 9.17) is 4.74 Å². The minimum absolute atomic E-state index is 0.406. The lowest BCUT2D eigenvalue weighted by Gasteiger charge is -2.11. The number of aromatic amines is 1. The fourth-order valence-corrected chi connectivity index (χ4v) is 5.03. The quantitative estimate of drug-likeness (QED) is 0.266. The first-order valence-corrected chi connectivity index (χ1v) is 11.1. The zero-order chi connectivity index (χ0) is 21.1. The molecule has 0 saturated heterocycles. The molecule has 0 spiro atoms. The third-order valence-electron chi connectivity index (χ3n) is 4.35. The molecule has 4 rings (SSSR count). The van der Waals surface area contributed by atoms with Crippen molar-refractivity contribution >= 4 is 62.3 Å². The van der Waals surface area contributed by atoms with Crippen molar-refractivity contribution in [1.29, 1.82) is 0 Å². The smallest absolute Gasteiger partial charge is 0.349 e. The molecule has 0 fully saturated rings. The van der Waals surface area contributed by atoms with E-state index in [0.717, 1.165) is 28.7 Å². The maximum Gasteiger partial charge on any atom is 0.349 e. The van der Waals surface area contributed by atoms with Gasteiger partial charge >= 0.3 is 5.69 Å². The highest BCUT2D eigenvalue weighted by molar-refractivity contribution is 14.1. The highest BCUT2D eigenvalue weighted by Gasteiger charge is 2.10. The number of para-hydroxylation sites is 1. The summed E-state index contributed by atoms with van der Waals surface area (Å²) in [5, 5.41) is 4.52. The Balaban J connectivity index is 1.61. The van der Waals surface area contributed by atoms with Crippen molar-refractivity contribution in [2.75, 3.05) is 0 Å². The molecule has 0 bridgehead atoms. The zero-order valence-corrected chi connectivity index (χ0v) is 19.8. The number of rotatable bonds is 5. The van der Waals surface area contributed by atoms with E-state index in [-0.39, 0.29) is 0 Å². The number of fused-ring (bicyclic) bond motifs is 1. The second-order valence-electron chi connectivity index (χ2n) is 6.43. The molecular weight excluding hydrogens is 608 g/mol. The second-order valence-corrected chi connectivity index (χ2v) is 8.75. The van der Waals surface area contributed by atoms with Crippen LogP contribution in [0, 0.1) is 7.14 Å². The topological polar surface area (TPSA) is 76.5 Å². The first-order valence-electron chi connectivity index (χ1n) is 8.97. The first kappa shape index (κ1) is 20.8. The number of hydrogen-bond donors (Lipinski definition) is 1. The van der Waals surface area contributed by atoms with Crippen molar-refractivity contribution in [1.82, 2.24) is 9.66 Å². The van der Waals surface area contributed by atoms with Crippen molar-refractivity contribution in [3.05, 3.63) is 106 Å². The van der Waals surface area contributed by atoms with Gasteiger partial charge < -0.3 is 9.72 Å². The Labute approximate surface area is 198 Å². The van der Waals surface area contributed by atoms with E-state index in [1.165, 1.54) is 6.21 Å². The van der Waals surface area contributed by atoms with Crippen LogP contribution in [0.25, 0.3) is 10.9 Å². The second kappa shape index (κ2) is 9.13. The van der Waals surface area contributed by atoms with Crippen molar-refractivity contribution in [3.8, 4) is 5.75 Å². The van der Waals surface area contributed by atoms with Gasteiger partial charge in [-0.2, -0.15) is 5.10 Å². The van der Waals surface area contributed by atoms with Crippen molar-refractivity contribution in [2.45, 2.75) is 6.61 Å². The Morgan fingerprint density at radius 1 is 0.967 bits per heavy atom. The average Bonchev–Trinajstić information content (AvgIpc) is 2.74. The number of ether oxygens (including phenoxy) is 1. The zero-order valence-electron chi connectivity index (χ0n) is 15.5. The van der Waals surface area contributed by atoms with Crippen LogP contribution in [-0.2, 0) is 6.61 Å². The molecule has 0 aliphatic rings. The van der Waals surface area contributed by atoms with E-state index < -0.39 is 11.2 Å². The van der Waals surface area contributed by atoms with Crippen molar-refractivity contribution in [2.24, 2.45) is 5.10 Å². The van der Waals surface area contributed by atoms with Crippen LogP contribution in [0.15, 0.2) is 81.4 Å². The van der Waals surface area contributed by atoms with Gasteiger partial charge in [0.05, 0.1) is 24.3 Å². The van der Waals surface area contributed by atoms with E-state index in [1.54, 1.807) is 24.3 Å². The fourth-order valence-electron chi connectivity index (χ4n) is 2.90. The van der Waals surface area contributed by atoms with Gasteiger partial charge in [0.1, 0.15) is 12.4 Å². The number of aromatic nitrogens is 2. The molecule has 0 amide bonds. The first-order chi connectivity index (χ1) is 14.5. The van der Waals surface area contributed by atoms with Crippen LogP contribution in [0.3, 0.4) is 0 Å². The SMILES string of the molecule is O=c1[nH]c2ccccc2c(=O)n1N=Cc1cc(I)c(OCc2ccccc2)c(I)c1. The molecule has 0 radical (unpaired) electrons. The van der Waals surface area contributed by atoms with Crippen molar-refractivity contribution < 1.29 is 4.74 Å². The number of hydrogen-bond acceptors (Lipinski definition) is 4.